The van der Waals surface area contributed by atoms with Crippen LogP contribution in [0.15, 0.2) is 59.8 Å². The Kier molecular flexibility index (Phi) is 6.11. The summed E-state index contributed by atoms with van der Waals surface area (Å²) in [5.41, 5.74) is 1.87. The molecule has 0 saturated heterocycles. The van der Waals surface area contributed by atoms with E-state index in [4.69, 9.17) is 32.7 Å². The number of nitrogens with zero attached hydrogens (tertiary/aromatic N) is 2. The van der Waals surface area contributed by atoms with E-state index in [1.54, 1.807) is 41.3 Å². The Balaban J connectivity index is 2.13. The van der Waals surface area contributed by atoms with E-state index in [2.05, 4.69) is 0 Å². The molecule has 8 heteroatoms. The SMILES string of the molecule is COC(=O)C1=C(C(=O)OC)N(c2ccc(Cl)cc2)CN(c2ccc(Cl)cc2)C1. The first-order valence-electron chi connectivity index (χ1n) is 8.38. The molecule has 0 saturated carbocycles. The topological polar surface area (TPSA) is 59.1 Å². The number of anilines is 2. The van der Waals surface area contributed by atoms with Gasteiger partial charge in [-0.2, -0.15) is 0 Å². The van der Waals surface area contributed by atoms with Crippen LogP contribution in [-0.2, 0) is 19.1 Å². The average Bonchev–Trinajstić information content (AvgIpc) is 2.72. The largest absolute Gasteiger partial charge is 0.466 e. The van der Waals surface area contributed by atoms with E-state index in [1.165, 1.54) is 14.2 Å². The Morgan fingerprint density at radius 2 is 1.32 bits per heavy atom. The van der Waals surface area contributed by atoms with Crippen molar-refractivity contribution in [1.82, 2.24) is 0 Å². The van der Waals surface area contributed by atoms with E-state index in [9.17, 15) is 9.59 Å². The number of hydrogen-bond donors (Lipinski definition) is 0. The van der Waals surface area contributed by atoms with Crippen molar-refractivity contribution in [1.29, 1.82) is 0 Å². The summed E-state index contributed by atoms with van der Waals surface area (Å²) in [4.78, 5) is 28.7. The van der Waals surface area contributed by atoms with Crippen molar-refractivity contribution in [2.24, 2.45) is 0 Å². The van der Waals surface area contributed by atoms with Crippen LogP contribution in [0.2, 0.25) is 10.0 Å². The molecule has 28 heavy (non-hydrogen) atoms. The second-order valence-corrected chi connectivity index (χ2v) is 6.90. The number of rotatable bonds is 4. The van der Waals surface area contributed by atoms with Gasteiger partial charge < -0.3 is 19.3 Å². The van der Waals surface area contributed by atoms with Crippen molar-refractivity contribution >= 4 is 46.5 Å². The third-order valence-corrected chi connectivity index (χ3v) is 4.86. The van der Waals surface area contributed by atoms with E-state index in [0.29, 0.717) is 22.4 Å². The predicted octanol–water partition coefficient (Wildman–Crippen LogP) is 3.88. The molecule has 3 rings (SSSR count). The molecule has 1 heterocycles. The lowest BCUT2D eigenvalue weighted by molar-refractivity contribution is -0.139. The lowest BCUT2D eigenvalue weighted by Gasteiger charge is -2.39. The summed E-state index contributed by atoms with van der Waals surface area (Å²) in [5, 5.41) is 1.17. The molecule has 0 amide bonds. The number of benzene rings is 2. The fourth-order valence-electron chi connectivity index (χ4n) is 2.99. The molecule has 0 atom stereocenters. The van der Waals surface area contributed by atoms with Gasteiger partial charge in [-0.3, -0.25) is 0 Å². The van der Waals surface area contributed by atoms with Crippen molar-refractivity contribution in [2.45, 2.75) is 0 Å². The highest BCUT2D eigenvalue weighted by molar-refractivity contribution is 6.31. The molecule has 6 nitrogen and oxygen atoms in total. The van der Waals surface area contributed by atoms with Crippen molar-refractivity contribution in [3.05, 3.63) is 69.8 Å². The maximum Gasteiger partial charge on any atom is 0.355 e. The summed E-state index contributed by atoms with van der Waals surface area (Å²) in [6, 6.07) is 14.2. The maximum atomic E-state index is 12.5. The monoisotopic (exact) mass is 420 g/mol. The third kappa shape index (κ3) is 4.08. The molecule has 2 aromatic carbocycles. The first kappa shape index (κ1) is 20.0. The molecule has 0 unspecified atom stereocenters. The van der Waals surface area contributed by atoms with Crippen LogP contribution in [0, 0.1) is 0 Å². The van der Waals surface area contributed by atoms with Gasteiger partial charge in [0, 0.05) is 21.4 Å². The summed E-state index contributed by atoms with van der Waals surface area (Å²) in [5.74, 6) is -1.22. The van der Waals surface area contributed by atoms with Gasteiger partial charge in [-0.05, 0) is 48.5 Å². The second-order valence-electron chi connectivity index (χ2n) is 6.03. The summed E-state index contributed by atoms with van der Waals surface area (Å²) < 4.78 is 9.86. The average molecular weight is 421 g/mol. The third-order valence-electron chi connectivity index (χ3n) is 4.36. The summed E-state index contributed by atoms with van der Waals surface area (Å²) in [6.45, 7) is 0.497. The van der Waals surface area contributed by atoms with Crippen molar-refractivity contribution < 1.29 is 19.1 Å². The van der Waals surface area contributed by atoms with Crippen LogP contribution in [0.25, 0.3) is 0 Å². The normalized spacial score (nSPS) is 14.1. The highest BCUT2D eigenvalue weighted by Gasteiger charge is 2.35. The Bertz CT molecular complexity index is 911. The van der Waals surface area contributed by atoms with E-state index >= 15 is 0 Å². The molecule has 146 valence electrons. The molecule has 1 aliphatic heterocycles. The zero-order valence-corrected chi connectivity index (χ0v) is 16.8. The van der Waals surface area contributed by atoms with Gasteiger partial charge in [0.05, 0.1) is 33.0 Å². The minimum absolute atomic E-state index is 0.141. The summed E-state index contributed by atoms with van der Waals surface area (Å²) in [6.07, 6.45) is 0. The number of carbonyl (C=O) groups excluding carboxylic acids is 2. The molecule has 2 aromatic rings. The van der Waals surface area contributed by atoms with Gasteiger partial charge in [0.25, 0.3) is 0 Å². The van der Waals surface area contributed by atoms with Crippen molar-refractivity contribution in [3.8, 4) is 0 Å². The van der Waals surface area contributed by atoms with Gasteiger partial charge in [0.15, 0.2) is 0 Å². The van der Waals surface area contributed by atoms with Gasteiger partial charge >= 0.3 is 11.9 Å². The number of ether oxygens (including phenoxy) is 2. The van der Waals surface area contributed by atoms with Gasteiger partial charge in [0.1, 0.15) is 5.70 Å². The Morgan fingerprint density at radius 1 is 0.821 bits per heavy atom. The zero-order chi connectivity index (χ0) is 20.3. The maximum absolute atomic E-state index is 12.5. The standard InChI is InChI=1S/C20H18Cl2N2O4/c1-27-19(25)17-11-23(15-7-3-13(21)4-8-15)12-24(18(17)20(26)28-2)16-9-5-14(22)6-10-16/h3-10H,11-12H2,1-2H3. The first-order valence-corrected chi connectivity index (χ1v) is 9.13. The number of methoxy groups -OCH3 is 2. The Labute approximate surface area is 172 Å². The van der Waals surface area contributed by atoms with Crippen molar-refractivity contribution in [3.63, 3.8) is 0 Å². The van der Waals surface area contributed by atoms with Gasteiger partial charge in [-0.15, -0.1) is 0 Å². The molecule has 0 aromatic heterocycles. The number of esters is 2. The number of carbonyl (C=O) groups is 2. The molecular weight excluding hydrogens is 403 g/mol. The van der Waals surface area contributed by atoms with Gasteiger partial charge in [-0.1, -0.05) is 23.2 Å². The van der Waals surface area contributed by atoms with E-state index in [-0.39, 0.29) is 17.8 Å². The number of halogens is 2. The molecule has 0 N–H and O–H groups in total. The van der Waals surface area contributed by atoms with Crippen LogP contribution in [0.4, 0.5) is 11.4 Å². The zero-order valence-electron chi connectivity index (χ0n) is 15.3. The van der Waals surface area contributed by atoms with Crippen molar-refractivity contribution in [2.75, 3.05) is 37.2 Å². The summed E-state index contributed by atoms with van der Waals surface area (Å²) in [7, 11) is 2.55. The van der Waals surface area contributed by atoms with E-state index in [1.807, 2.05) is 17.0 Å². The van der Waals surface area contributed by atoms with E-state index in [0.717, 1.165) is 5.69 Å². The predicted molar refractivity (Wildman–Crippen MR) is 109 cm³/mol. The lowest BCUT2D eigenvalue weighted by atomic mass is 10.1. The van der Waals surface area contributed by atoms with Gasteiger partial charge in [-0.25, -0.2) is 9.59 Å². The highest BCUT2D eigenvalue weighted by Crippen LogP contribution is 2.31. The fourth-order valence-corrected chi connectivity index (χ4v) is 3.24. The van der Waals surface area contributed by atoms with Crippen LogP contribution >= 0.6 is 23.2 Å². The minimum atomic E-state index is -0.619. The molecular formula is C20H18Cl2N2O4. The fraction of sp³-hybridized carbons (Fsp3) is 0.200. The smallest absolute Gasteiger partial charge is 0.355 e. The van der Waals surface area contributed by atoms with Crippen LogP contribution in [0.5, 0.6) is 0 Å². The number of hydrogen-bond acceptors (Lipinski definition) is 6. The van der Waals surface area contributed by atoms with Gasteiger partial charge in [0.2, 0.25) is 0 Å². The minimum Gasteiger partial charge on any atom is -0.466 e. The molecule has 0 bridgehead atoms. The molecule has 0 spiro atoms. The van der Waals surface area contributed by atoms with Crippen LogP contribution < -0.4 is 9.80 Å². The molecule has 0 aliphatic carbocycles. The molecule has 0 fully saturated rings. The quantitative estimate of drug-likeness (QED) is 0.699. The lowest BCUT2D eigenvalue weighted by Crippen LogP contribution is -2.48. The molecule has 0 radical (unpaired) electrons. The second kappa shape index (κ2) is 8.54. The van der Waals surface area contributed by atoms with Crippen LogP contribution in [-0.4, -0.2) is 39.4 Å². The van der Waals surface area contributed by atoms with Crippen LogP contribution in [0.3, 0.4) is 0 Å². The molecule has 1 aliphatic rings. The summed E-state index contributed by atoms with van der Waals surface area (Å²) >= 11 is 12.0. The first-order chi connectivity index (χ1) is 13.4. The Hall–Kier alpha value is -2.70. The van der Waals surface area contributed by atoms with Crippen LogP contribution in [0.1, 0.15) is 0 Å². The highest BCUT2D eigenvalue weighted by atomic mass is 35.5. The Morgan fingerprint density at radius 3 is 1.82 bits per heavy atom. The van der Waals surface area contributed by atoms with E-state index < -0.39 is 11.9 Å².